The highest BCUT2D eigenvalue weighted by atomic mass is 28.4. The van der Waals surface area contributed by atoms with E-state index in [0.29, 0.717) is 12.8 Å². The largest absolute Gasteiger partial charge is 0.413 e. The zero-order valence-corrected chi connectivity index (χ0v) is 23.3. The second-order valence-corrected chi connectivity index (χ2v) is 18.1. The van der Waals surface area contributed by atoms with Crippen molar-refractivity contribution in [2.24, 2.45) is 11.3 Å². The van der Waals surface area contributed by atoms with Gasteiger partial charge in [0.15, 0.2) is 8.32 Å². The zero-order chi connectivity index (χ0) is 25.6. The molecule has 6 rings (SSSR count). The van der Waals surface area contributed by atoms with Crippen molar-refractivity contribution in [3.05, 3.63) is 11.6 Å². The van der Waals surface area contributed by atoms with Gasteiger partial charge in [-0.25, -0.2) is 4.79 Å². The van der Waals surface area contributed by atoms with Gasteiger partial charge in [0.1, 0.15) is 12.2 Å². The Bertz CT molecular complexity index is 961. The molecule has 2 saturated carbocycles. The molecule has 1 spiro atoms. The molecule has 4 N–H and O–H groups in total. The molecule has 6 aliphatic rings. The maximum absolute atomic E-state index is 13.9. The second kappa shape index (κ2) is 7.79. The highest BCUT2D eigenvalue weighted by Crippen LogP contribution is 2.64. The maximum atomic E-state index is 13.9. The van der Waals surface area contributed by atoms with Crippen molar-refractivity contribution >= 4 is 20.3 Å². The minimum absolute atomic E-state index is 0.0152. The van der Waals surface area contributed by atoms with E-state index in [9.17, 15) is 14.7 Å². The van der Waals surface area contributed by atoms with Crippen LogP contribution in [0.4, 0.5) is 4.79 Å². The summed E-state index contributed by atoms with van der Waals surface area (Å²) < 4.78 is 13.3. The number of amides is 3. The summed E-state index contributed by atoms with van der Waals surface area (Å²) in [4.78, 5) is 26.9. The summed E-state index contributed by atoms with van der Waals surface area (Å²) in [5.74, 6) is -0.547. The lowest BCUT2D eigenvalue weighted by atomic mass is 9.59. The minimum atomic E-state index is -2.17. The van der Waals surface area contributed by atoms with Crippen LogP contribution in [0.1, 0.15) is 66.7 Å². The molecule has 0 aromatic carbocycles. The highest BCUT2D eigenvalue weighted by molar-refractivity contribution is 6.74. The third-order valence-electron chi connectivity index (χ3n) is 9.99. The normalized spacial score (nSPS) is 43.3. The highest BCUT2D eigenvalue weighted by Gasteiger charge is 2.78. The van der Waals surface area contributed by atoms with E-state index >= 15 is 0 Å². The molecule has 8 nitrogen and oxygen atoms in total. The van der Waals surface area contributed by atoms with Gasteiger partial charge in [-0.15, -0.1) is 0 Å². The molecule has 4 fully saturated rings. The first-order valence-electron chi connectivity index (χ1n) is 13.3. The molecule has 7 atom stereocenters. The van der Waals surface area contributed by atoms with E-state index in [4.69, 9.17) is 9.16 Å². The van der Waals surface area contributed by atoms with Gasteiger partial charge < -0.3 is 30.2 Å². The average molecular weight is 506 g/mol. The third kappa shape index (κ3) is 3.41. The van der Waals surface area contributed by atoms with Gasteiger partial charge in [0.2, 0.25) is 5.91 Å². The van der Waals surface area contributed by atoms with Gasteiger partial charge in [-0.1, -0.05) is 26.8 Å². The molecule has 3 heterocycles. The predicted octanol–water partition coefficient (Wildman–Crippen LogP) is 2.97. The Balaban J connectivity index is 1.65. The molecule has 3 aliphatic heterocycles. The van der Waals surface area contributed by atoms with Crippen LogP contribution < -0.4 is 16.0 Å². The lowest BCUT2D eigenvalue weighted by Gasteiger charge is -2.54. The lowest BCUT2D eigenvalue weighted by molar-refractivity contribution is -0.134. The number of hydrogen-bond acceptors (Lipinski definition) is 5. The molecule has 0 radical (unpaired) electrons. The number of hydrogen-bond donors (Lipinski definition) is 4. The number of carbonyl (C=O) groups excluding carboxylic acids is 2. The Hall–Kier alpha value is -1.42. The molecule has 196 valence electrons. The van der Waals surface area contributed by atoms with Crippen LogP contribution in [0.25, 0.3) is 0 Å². The fourth-order valence-corrected chi connectivity index (χ4v) is 8.65. The van der Waals surface area contributed by atoms with Gasteiger partial charge in [-0.2, -0.15) is 0 Å². The number of urea groups is 1. The summed E-state index contributed by atoms with van der Waals surface area (Å²) in [5, 5.41) is 20.7. The molecule has 0 aromatic heterocycles. The smallest absolute Gasteiger partial charge is 0.315 e. The van der Waals surface area contributed by atoms with Crippen LogP contribution >= 0.6 is 0 Å². The van der Waals surface area contributed by atoms with Crippen LogP contribution in [0.2, 0.25) is 18.1 Å². The Labute approximate surface area is 210 Å². The molecule has 3 amide bonds. The van der Waals surface area contributed by atoms with Gasteiger partial charge in [0, 0.05) is 6.04 Å². The second-order valence-electron chi connectivity index (χ2n) is 13.3. The summed E-state index contributed by atoms with van der Waals surface area (Å²) in [6.07, 6.45) is 5.33. The van der Waals surface area contributed by atoms with Crippen molar-refractivity contribution in [2.45, 2.75) is 120 Å². The van der Waals surface area contributed by atoms with Crippen molar-refractivity contribution in [2.75, 3.05) is 6.61 Å². The number of aliphatic hydroxyl groups excluding tert-OH is 1. The number of epoxide rings is 1. The van der Waals surface area contributed by atoms with Crippen LogP contribution in [0.3, 0.4) is 0 Å². The van der Waals surface area contributed by atoms with Crippen LogP contribution in [-0.4, -0.2) is 67.4 Å². The van der Waals surface area contributed by atoms with E-state index in [-0.39, 0.29) is 47.9 Å². The van der Waals surface area contributed by atoms with Gasteiger partial charge in [0.05, 0.1) is 35.1 Å². The maximum Gasteiger partial charge on any atom is 0.315 e. The van der Waals surface area contributed by atoms with E-state index in [1.165, 1.54) is 0 Å². The van der Waals surface area contributed by atoms with E-state index in [1.807, 2.05) is 13.8 Å². The summed E-state index contributed by atoms with van der Waals surface area (Å²) >= 11 is 0. The molecular formula is C26H43N3O5Si. The van der Waals surface area contributed by atoms with Crippen molar-refractivity contribution in [1.29, 1.82) is 0 Å². The van der Waals surface area contributed by atoms with Crippen LogP contribution in [0.5, 0.6) is 0 Å². The summed E-state index contributed by atoms with van der Waals surface area (Å²) in [5.41, 5.74) is -1.25. The number of carbonyl (C=O) groups is 2. The number of piperidine rings is 1. The fourth-order valence-electron chi connectivity index (χ4n) is 7.25. The molecule has 9 heteroatoms. The van der Waals surface area contributed by atoms with E-state index < -0.39 is 30.7 Å². The molecule has 0 unspecified atom stereocenters. The topological polar surface area (TPSA) is 112 Å². The van der Waals surface area contributed by atoms with Crippen molar-refractivity contribution < 1.29 is 23.9 Å². The van der Waals surface area contributed by atoms with Crippen LogP contribution in [0.15, 0.2) is 11.6 Å². The summed E-state index contributed by atoms with van der Waals surface area (Å²) in [6, 6.07) is -0.290. The molecule has 2 bridgehead atoms. The van der Waals surface area contributed by atoms with Crippen LogP contribution in [-0.2, 0) is 14.0 Å². The van der Waals surface area contributed by atoms with E-state index in [2.05, 4.69) is 55.9 Å². The number of fused-ring (bicyclic) bond motifs is 1. The molecule has 0 aromatic rings. The minimum Gasteiger partial charge on any atom is -0.413 e. The Morgan fingerprint density at radius 2 is 2.06 bits per heavy atom. The van der Waals surface area contributed by atoms with Gasteiger partial charge in [-0.3, -0.25) is 4.79 Å². The van der Waals surface area contributed by atoms with Gasteiger partial charge >= 0.3 is 6.03 Å². The van der Waals surface area contributed by atoms with Crippen molar-refractivity contribution in [1.82, 2.24) is 16.0 Å². The first kappa shape index (κ1) is 25.2. The third-order valence-corrected chi connectivity index (χ3v) is 14.5. The molecular weight excluding hydrogens is 462 g/mol. The Morgan fingerprint density at radius 1 is 1.34 bits per heavy atom. The van der Waals surface area contributed by atoms with E-state index in [0.717, 1.165) is 24.8 Å². The Morgan fingerprint density at radius 3 is 2.69 bits per heavy atom. The van der Waals surface area contributed by atoms with E-state index in [1.54, 1.807) is 0 Å². The lowest BCUT2D eigenvalue weighted by Crippen LogP contribution is -2.74. The number of rotatable bonds is 5. The summed E-state index contributed by atoms with van der Waals surface area (Å²) in [6.45, 7) is 14.8. The molecule has 35 heavy (non-hydrogen) atoms. The first-order valence-corrected chi connectivity index (χ1v) is 16.2. The SMILES string of the molecule is CC(C)NC(=O)N[C@@]12CCC/C1=C/[C@]1(CO)[C@H](O[Si](C)(C)C(C)(C)C)CC[C@]13NC(=O)[C@@H]2[C@@H]1O[C@@H]13. The zero-order valence-electron chi connectivity index (χ0n) is 22.3. The monoisotopic (exact) mass is 505 g/mol. The fraction of sp³-hybridized carbons (Fsp3) is 0.846. The van der Waals surface area contributed by atoms with Gasteiger partial charge in [-0.05, 0) is 69.7 Å². The van der Waals surface area contributed by atoms with Crippen molar-refractivity contribution in [3.63, 3.8) is 0 Å². The van der Waals surface area contributed by atoms with Crippen LogP contribution in [0, 0.1) is 11.3 Å². The average Bonchev–Trinajstić information content (AvgIpc) is 3.35. The van der Waals surface area contributed by atoms with Gasteiger partial charge in [0.25, 0.3) is 0 Å². The molecule has 2 saturated heterocycles. The Kier molecular flexibility index (Phi) is 5.62. The summed E-state index contributed by atoms with van der Waals surface area (Å²) in [7, 11) is -2.17. The number of nitrogens with one attached hydrogen (secondary N) is 3. The van der Waals surface area contributed by atoms with Crippen molar-refractivity contribution in [3.8, 4) is 0 Å². The number of ether oxygens (including phenoxy) is 1. The standard InChI is InChI=1S/C26H43N3O5Si/c1-15(2)27-22(32)29-25-11-8-9-16(25)13-24(14-30)17(34-35(6,7)23(3,4)5)10-12-26(24)20-19(33-20)18(25)21(31)28-26/h13,15,17-20,30H,8-12,14H2,1-7H3,(H,28,31)(H2,27,29,32)/b16-13-/t17-,18+,19+,20+,24+,25+,26-/m1/s1. The first-order chi connectivity index (χ1) is 16.2. The number of aliphatic hydroxyl groups is 1. The molecule has 3 aliphatic carbocycles. The predicted molar refractivity (Wildman–Crippen MR) is 135 cm³/mol. The quantitative estimate of drug-likeness (QED) is 0.261.